The van der Waals surface area contributed by atoms with Gasteiger partial charge in [0.25, 0.3) is 0 Å². The van der Waals surface area contributed by atoms with Crippen LogP contribution in [0.15, 0.2) is 5.38 Å². The number of hydrogen-bond donors (Lipinski definition) is 0. The molecular formula is C6H8ClNS. The number of aromatic nitrogens is 1. The Bertz CT molecular complexity index is 185. The van der Waals surface area contributed by atoms with Gasteiger partial charge in [0.2, 0.25) is 0 Å². The Kier molecular flexibility index (Phi) is 2.49. The van der Waals surface area contributed by atoms with Gasteiger partial charge in [-0.15, -0.1) is 11.3 Å². The lowest BCUT2D eigenvalue weighted by Crippen LogP contribution is -1.79. The van der Waals surface area contributed by atoms with E-state index in [1.165, 1.54) is 11.3 Å². The molecule has 0 aliphatic carbocycles. The number of thiazole rings is 1. The quantitative estimate of drug-likeness (QED) is 0.650. The van der Waals surface area contributed by atoms with E-state index in [0.717, 1.165) is 18.5 Å². The monoisotopic (exact) mass is 161 g/mol. The molecule has 0 aliphatic rings. The first-order valence-corrected chi connectivity index (χ1v) is 4.18. The van der Waals surface area contributed by atoms with Crippen molar-refractivity contribution in [2.45, 2.75) is 19.8 Å². The SMILES string of the molecule is CCCc1csc(Cl)n1. The van der Waals surface area contributed by atoms with Gasteiger partial charge < -0.3 is 0 Å². The highest BCUT2D eigenvalue weighted by Gasteiger charge is 1.95. The maximum absolute atomic E-state index is 5.60. The molecule has 1 aromatic heterocycles. The molecule has 3 heteroatoms. The standard InChI is InChI=1S/C6H8ClNS/c1-2-3-5-4-9-6(7)8-5/h4H,2-3H2,1H3. The van der Waals surface area contributed by atoms with Crippen LogP contribution in [-0.4, -0.2) is 4.98 Å². The Labute approximate surface area is 63.7 Å². The third kappa shape index (κ3) is 1.95. The topological polar surface area (TPSA) is 12.9 Å². The number of halogens is 1. The first kappa shape index (κ1) is 7.03. The molecule has 0 aromatic carbocycles. The van der Waals surface area contributed by atoms with Gasteiger partial charge in [0, 0.05) is 5.38 Å². The molecule has 0 N–H and O–H groups in total. The van der Waals surface area contributed by atoms with E-state index < -0.39 is 0 Å². The fraction of sp³-hybridized carbons (Fsp3) is 0.500. The van der Waals surface area contributed by atoms with Crippen molar-refractivity contribution in [2.24, 2.45) is 0 Å². The van der Waals surface area contributed by atoms with E-state index in [2.05, 4.69) is 11.9 Å². The van der Waals surface area contributed by atoms with Crippen molar-refractivity contribution in [2.75, 3.05) is 0 Å². The van der Waals surface area contributed by atoms with Crippen LogP contribution in [0.4, 0.5) is 0 Å². The van der Waals surface area contributed by atoms with E-state index >= 15 is 0 Å². The lowest BCUT2D eigenvalue weighted by atomic mass is 10.3. The van der Waals surface area contributed by atoms with Crippen molar-refractivity contribution in [1.29, 1.82) is 0 Å². The van der Waals surface area contributed by atoms with E-state index in [4.69, 9.17) is 11.6 Å². The lowest BCUT2D eigenvalue weighted by molar-refractivity contribution is 0.893. The van der Waals surface area contributed by atoms with Gasteiger partial charge in [-0.1, -0.05) is 24.9 Å². The van der Waals surface area contributed by atoms with E-state index in [0.29, 0.717) is 4.47 Å². The maximum Gasteiger partial charge on any atom is 0.183 e. The van der Waals surface area contributed by atoms with Gasteiger partial charge in [-0.05, 0) is 6.42 Å². The number of nitrogens with zero attached hydrogens (tertiary/aromatic N) is 1. The van der Waals surface area contributed by atoms with Crippen LogP contribution in [0.25, 0.3) is 0 Å². The Morgan fingerprint density at radius 1 is 1.78 bits per heavy atom. The zero-order valence-electron chi connectivity index (χ0n) is 5.22. The minimum Gasteiger partial charge on any atom is -0.230 e. The molecule has 0 radical (unpaired) electrons. The molecule has 9 heavy (non-hydrogen) atoms. The van der Waals surface area contributed by atoms with Crippen molar-refractivity contribution in [1.82, 2.24) is 4.98 Å². The Balaban J connectivity index is 2.61. The summed E-state index contributed by atoms with van der Waals surface area (Å²) in [4.78, 5) is 4.08. The lowest BCUT2D eigenvalue weighted by Gasteiger charge is -1.85. The summed E-state index contributed by atoms with van der Waals surface area (Å²) < 4.78 is 0.651. The van der Waals surface area contributed by atoms with Crippen molar-refractivity contribution in [3.8, 4) is 0 Å². The maximum atomic E-state index is 5.60. The minimum absolute atomic E-state index is 0.651. The molecule has 0 unspecified atom stereocenters. The summed E-state index contributed by atoms with van der Waals surface area (Å²) in [6, 6.07) is 0. The number of rotatable bonds is 2. The molecule has 1 aromatic rings. The van der Waals surface area contributed by atoms with Gasteiger partial charge in [0.05, 0.1) is 5.69 Å². The second-order valence-electron chi connectivity index (χ2n) is 1.84. The van der Waals surface area contributed by atoms with E-state index in [1.54, 1.807) is 0 Å². The van der Waals surface area contributed by atoms with Crippen molar-refractivity contribution < 1.29 is 0 Å². The van der Waals surface area contributed by atoms with Gasteiger partial charge >= 0.3 is 0 Å². The van der Waals surface area contributed by atoms with Gasteiger partial charge in [0.1, 0.15) is 0 Å². The smallest absolute Gasteiger partial charge is 0.183 e. The molecule has 0 bridgehead atoms. The molecule has 50 valence electrons. The van der Waals surface area contributed by atoms with Crippen LogP contribution >= 0.6 is 22.9 Å². The fourth-order valence-corrected chi connectivity index (χ4v) is 1.47. The zero-order valence-corrected chi connectivity index (χ0v) is 6.80. The highest BCUT2D eigenvalue weighted by Crippen LogP contribution is 2.15. The van der Waals surface area contributed by atoms with Crippen LogP contribution in [0.1, 0.15) is 19.0 Å². The summed E-state index contributed by atoms with van der Waals surface area (Å²) in [5, 5.41) is 2.01. The fourth-order valence-electron chi connectivity index (χ4n) is 0.653. The van der Waals surface area contributed by atoms with Gasteiger partial charge in [-0.2, -0.15) is 0 Å². The van der Waals surface area contributed by atoms with Crippen LogP contribution in [0.3, 0.4) is 0 Å². The summed E-state index contributed by atoms with van der Waals surface area (Å²) in [5.41, 5.74) is 1.12. The molecule has 1 rings (SSSR count). The summed E-state index contributed by atoms with van der Waals surface area (Å²) >= 11 is 7.10. The van der Waals surface area contributed by atoms with Crippen LogP contribution in [0, 0.1) is 0 Å². The first-order chi connectivity index (χ1) is 4.33. The number of hydrogen-bond acceptors (Lipinski definition) is 2. The van der Waals surface area contributed by atoms with E-state index in [-0.39, 0.29) is 0 Å². The average Bonchev–Trinajstić information content (AvgIpc) is 2.17. The normalized spacial score (nSPS) is 10.0. The zero-order chi connectivity index (χ0) is 6.69. The van der Waals surface area contributed by atoms with Gasteiger partial charge in [-0.25, -0.2) is 4.98 Å². The summed E-state index contributed by atoms with van der Waals surface area (Å²) in [6.07, 6.45) is 2.18. The Hall–Kier alpha value is -0.0800. The molecule has 0 amide bonds. The van der Waals surface area contributed by atoms with E-state index in [9.17, 15) is 0 Å². The number of aryl methyl sites for hydroxylation is 1. The molecule has 1 heterocycles. The summed E-state index contributed by atoms with van der Waals surface area (Å²) in [6.45, 7) is 2.13. The van der Waals surface area contributed by atoms with Crippen molar-refractivity contribution in [3.63, 3.8) is 0 Å². The third-order valence-corrected chi connectivity index (χ3v) is 2.06. The van der Waals surface area contributed by atoms with Crippen molar-refractivity contribution in [3.05, 3.63) is 15.5 Å². The molecule has 0 saturated heterocycles. The molecule has 0 aliphatic heterocycles. The summed E-state index contributed by atoms with van der Waals surface area (Å²) in [5.74, 6) is 0. The third-order valence-electron chi connectivity index (χ3n) is 1.03. The highest BCUT2D eigenvalue weighted by atomic mass is 35.5. The Morgan fingerprint density at radius 3 is 3.00 bits per heavy atom. The van der Waals surface area contributed by atoms with Crippen LogP contribution in [0.5, 0.6) is 0 Å². The molecule has 0 spiro atoms. The van der Waals surface area contributed by atoms with Crippen LogP contribution < -0.4 is 0 Å². The van der Waals surface area contributed by atoms with E-state index in [1.807, 2.05) is 5.38 Å². The molecular weight excluding hydrogens is 154 g/mol. The summed E-state index contributed by atoms with van der Waals surface area (Å²) in [7, 11) is 0. The Morgan fingerprint density at radius 2 is 2.56 bits per heavy atom. The predicted octanol–water partition coefficient (Wildman–Crippen LogP) is 2.75. The van der Waals surface area contributed by atoms with Gasteiger partial charge in [0.15, 0.2) is 4.47 Å². The average molecular weight is 162 g/mol. The molecule has 1 nitrogen and oxygen atoms in total. The molecule has 0 saturated carbocycles. The predicted molar refractivity (Wildman–Crippen MR) is 41.1 cm³/mol. The van der Waals surface area contributed by atoms with Crippen molar-refractivity contribution >= 4 is 22.9 Å². The second-order valence-corrected chi connectivity index (χ2v) is 3.28. The van der Waals surface area contributed by atoms with Crippen LogP contribution in [-0.2, 0) is 6.42 Å². The second kappa shape index (κ2) is 3.18. The van der Waals surface area contributed by atoms with Crippen LogP contribution in [0.2, 0.25) is 4.47 Å². The first-order valence-electron chi connectivity index (χ1n) is 2.93. The van der Waals surface area contributed by atoms with Gasteiger partial charge in [-0.3, -0.25) is 0 Å². The largest absolute Gasteiger partial charge is 0.230 e. The molecule has 0 atom stereocenters. The molecule has 0 fully saturated rings. The minimum atomic E-state index is 0.651. The highest BCUT2D eigenvalue weighted by molar-refractivity contribution is 7.13.